The van der Waals surface area contributed by atoms with Gasteiger partial charge in [-0.2, -0.15) is 5.10 Å². The highest BCUT2D eigenvalue weighted by atomic mass is 32.2. The number of aromatic nitrogens is 2. The molecule has 3 aromatic rings. The third-order valence-corrected chi connectivity index (χ3v) is 4.89. The molecule has 162 valence electrons. The van der Waals surface area contributed by atoms with Crippen molar-refractivity contribution in [1.29, 1.82) is 0 Å². The highest BCUT2D eigenvalue weighted by Crippen LogP contribution is 2.23. The van der Waals surface area contributed by atoms with Crippen LogP contribution in [0.3, 0.4) is 0 Å². The van der Waals surface area contributed by atoms with Gasteiger partial charge in [0.05, 0.1) is 29.3 Å². The Bertz CT molecular complexity index is 1120. The van der Waals surface area contributed by atoms with E-state index < -0.39 is 28.6 Å². The Kier molecular flexibility index (Phi) is 6.85. The molecule has 1 atom stereocenters. The first kappa shape index (κ1) is 21.9. The molecule has 11 heteroatoms. The minimum Gasteiger partial charge on any atom is -0.492 e. The Labute approximate surface area is 172 Å². The fourth-order valence-corrected chi connectivity index (χ4v) is 3.42. The summed E-state index contributed by atoms with van der Waals surface area (Å²) in [6.07, 6.45) is -0.0498. The molecule has 0 amide bonds. The lowest BCUT2D eigenvalue weighted by Crippen LogP contribution is -2.26. The topological polar surface area (TPSA) is 116 Å². The second kappa shape index (κ2) is 9.37. The lowest BCUT2D eigenvalue weighted by Gasteiger charge is -2.14. The zero-order valence-electron chi connectivity index (χ0n) is 16.2. The molecule has 0 aliphatic carbocycles. The summed E-state index contributed by atoms with van der Waals surface area (Å²) in [7, 11) is -3.64. The number of H-pyrrole nitrogens is 1. The summed E-state index contributed by atoms with van der Waals surface area (Å²) in [5.41, 5.74) is 1.17. The van der Waals surface area contributed by atoms with E-state index in [1.807, 2.05) is 0 Å². The van der Waals surface area contributed by atoms with Gasteiger partial charge in [-0.05, 0) is 29.8 Å². The minimum absolute atomic E-state index is 0.158. The Morgan fingerprint density at radius 1 is 1.27 bits per heavy atom. The number of aliphatic hydroxyl groups is 1. The molecule has 0 bridgehead atoms. The molecule has 0 aliphatic heterocycles. The van der Waals surface area contributed by atoms with Crippen molar-refractivity contribution >= 4 is 26.6 Å². The van der Waals surface area contributed by atoms with E-state index in [9.17, 15) is 22.3 Å². The number of anilines is 1. The summed E-state index contributed by atoms with van der Waals surface area (Å²) >= 11 is 0. The number of sulfonamides is 1. The standard InChI is InChI=1S/C19H22F2N4O4S/c1-30(27,28)25-17-8-12(2-5-15(17)21)19(26)11-22-6-7-29-13-3-4-14-16(9-13)23-24-18(14)10-20/h2-5,8-9,19,22,25-26H,6-7,10-11H2,1H3,(H,23,24)/t19-/m0/s1. The van der Waals surface area contributed by atoms with Crippen molar-refractivity contribution in [3.63, 3.8) is 0 Å². The highest BCUT2D eigenvalue weighted by molar-refractivity contribution is 7.92. The van der Waals surface area contributed by atoms with E-state index in [0.717, 1.165) is 12.3 Å². The average Bonchev–Trinajstić information content (AvgIpc) is 3.10. The first-order chi connectivity index (χ1) is 14.3. The lowest BCUT2D eigenvalue weighted by atomic mass is 10.1. The van der Waals surface area contributed by atoms with Crippen LogP contribution in [0.1, 0.15) is 17.4 Å². The molecule has 0 spiro atoms. The number of rotatable bonds is 10. The van der Waals surface area contributed by atoms with Crippen molar-refractivity contribution < 1.29 is 27.0 Å². The maximum absolute atomic E-state index is 13.7. The molecule has 1 heterocycles. The van der Waals surface area contributed by atoms with Gasteiger partial charge >= 0.3 is 0 Å². The van der Waals surface area contributed by atoms with Crippen LogP contribution in [-0.4, -0.2) is 49.7 Å². The Morgan fingerprint density at radius 2 is 2.07 bits per heavy atom. The van der Waals surface area contributed by atoms with E-state index in [0.29, 0.717) is 41.1 Å². The van der Waals surface area contributed by atoms with Crippen LogP contribution in [-0.2, 0) is 16.7 Å². The summed E-state index contributed by atoms with van der Waals surface area (Å²) in [6, 6.07) is 8.89. The fraction of sp³-hybridized carbons (Fsp3) is 0.316. The van der Waals surface area contributed by atoms with E-state index in [1.165, 1.54) is 12.1 Å². The number of aliphatic hydroxyl groups excluding tert-OH is 1. The average molecular weight is 440 g/mol. The number of benzene rings is 2. The molecule has 0 radical (unpaired) electrons. The first-order valence-electron chi connectivity index (χ1n) is 9.08. The van der Waals surface area contributed by atoms with Gasteiger partial charge in [-0.1, -0.05) is 6.07 Å². The van der Waals surface area contributed by atoms with Gasteiger partial charge in [-0.3, -0.25) is 9.82 Å². The second-order valence-corrected chi connectivity index (χ2v) is 8.45. The smallest absolute Gasteiger partial charge is 0.229 e. The normalized spacial score (nSPS) is 12.8. The zero-order chi connectivity index (χ0) is 21.7. The van der Waals surface area contributed by atoms with Crippen molar-refractivity contribution in [2.24, 2.45) is 0 Å². The summed E-state index contributed by atoms with van der Waals surface area (Å²) in [5.74, 6) is -0.151. The minimum atomic E-state index is -3.64. The predicted octanol–water partition coefficient (Wildman–Crippen LogP) is 2.24. The highest BCUT2D eigenvalue weighted by Gasteiger charge is 2.13. The van der Waals surface area contributed by atoms with Gasteiger partial charge in [-0.25, -0.2) is 17.2 Å². The van der Waals surface area contributed by atoms with Crippen LogP contribution in [0.25, 0.3) is 10.9 Å². The number of alkyl halides is 1. The van der Waals surface area contributed by atoms with Crippen LogP contribution >= 0.6 is 0 Å². The molecule has 30 heavy (non-hydrogen) atoms. The van der Waals surface area contributed by atoms with E-state index in [2.05, 4.69) is 20.2 Å². The molecular weight excluding hydrogens is 418 g/mol. The monoisotopic (exact) mass is 440 g/mol. The van der Waals surface area contributed by atoms with E-state index in [1.54, 1.807) is 18.2 Å². The summed E-state index contributed by atoms with van der Waals surface area (Å²) in [5, 5.41) is 20.6. The third kappa shape index (κ3) is 5.65. The van der Waals surface area contributed by atoms with Crippen LogP contribution in [0.2, 0.25) is 0 Å². The van der Waals surface area contributed by atoms with Gasteiger partial charge < -0.3 is 15.2 Å². The van der Waals surface area contributed by atoms with Gasteiger partial charge in [0.25, 0.3) is 0 Å². The summed E-state index contributed by atoms with van der Waals surface area (Å²) in [6.45, 7) is 0.262. The van der Waals surface area contributed by atoms with Crippen molar-refractivity contribution in [2.45, 2.75) is 12.8 Å². The van der Waals surface area contributed by atoms with Crippen LogP contribution in [0.4, 0.5) is 14.5 Å². The molecule has 3 rings (SSSR count). The van der Waals surface area contributed by atoms with E-state index in [-0.39, 0.29) is 12.2 Å². The van der Waals surface area contributed by atoms with Crippen LogP contribution in [0.15, 0.2) is 36.4 Å². The van der Waals surface area contributed by atoms with Gasteiger partial charge in [-0.15, -0.1) is 0 Å². The lowest BCUT2D eigenvalue weighted by molar-refractivity contribution is 0.172. The maximum Gasteiger partial charge on any atom is 0.229 e. The Balaban J connectivity index is 1.48. The van der Waals surface area contributed by atoms with E-state index >= 15 is 0 Å². The maximum atomic E-state index is 13.7. The number of halogens is 2. The predicted molar refractivity (Wildman–Crippen MR) is 109 cm³/mol. The molecule has 0 saturated heterocycles. The molecule has 0 aliphatic rings. The molecule has 1 aromatic heterocycles. The summed E-state index contributed by atoms with van der Waals surface area (Å²) < 4.78 is 56.8. The first-order valence-corrected chi connectivity index (χ1v) is 11.0. The number of ether oxygens (including phenoxy) is 1. The fourth-order valence-electron chi connectivity index (χ4n) is 2.86. The van der Waals surface area contributed by atoms with Crippen molar-refractivity contribution in [2.75, 3.05) is 30.7 Å². The van der Waals surface area contributed by atoms with E-state index in [4.69, 9.17) is 4.74 Å². The number of fused-ring (bicyclic) bond motifs is 1. The largest absolute Gasteiger partial charge is 0.492 e. The third-order valence-electron chi connectivity index (χ3n) is 4.30. The van der Waals surface area contributed by atoms with Gasteiger partial charge in [0.2, 0.25) is 10.0 Å². The molecule has 0 saturated carbocycles. The van der Waals surface area contributed by atoms with Crippen LogP contribution in [0, 0.1) is 5.82 Å². The van der Waals surface area contributed by atoms with Crippen LogP contribution < -0.4 is 14.8 Å². The molecule has 0 fully saturated rings. The SMILES string of the molecule is CS(=O)(=O)Nc1cc([C@@H](O)CNCCOc2ccc3c(CF)[nH]nc3c2)ccc1F. The van der Waals surface area contributed by atoms with Gasteiger partial charge in [0.15, 0.2) is 0 Å². The van der Waals surface area contributed by atoms with Crippen molar-refractivity contribution in [1.82, 2.24) is 15.5 Å². The Hall–Kier alpha value is -2.76. The van der Waals surface area contributed by atoms with Gasteiger partial charge in [0, 0.05) is 24.5 Å². The number of nitrogens with zero attached hydrogens (tertiary/aromatic N) is 1. The molecular formula is C19H22F2N4O4S. The molecule has 0 unspecified atom stereocenters. The number of aromatic amines is 1. The number of hydrogen-bond donors (Lipinski definition) is 4. The molecule has 2 aromatic carbocycles. The van der Waals surface area contributed by atoms with Crippen molar-refractivity contribution in [3.05, 3.63) is 53.5 Å². The second-order valence-electron chi connectivity index (χ2n) is 6.70. The zero-order valence-corrected chi connectivity index (χ0v) is 17.0. The number of nitrogens with one attached hydrogen (secondary N) is 3. The van der Waals surface area contributed by atoms with Gasteiger partial charge in [0.1, 0.15) is 24.8 Å². The molecule has 8 nitrogen and oxygen atoms in total. The van der Waals surface area contributed by atoms with Crippen molar-refractivity contribution in [3.8, 4) is 5.75 Å². The quantitative estimate of drug-likeness (QED) is 0.360. The number of hydrogen-bond acceptors (Lipinski definition) is 6. The Morgan fingerprint density at radius 3 is 2.80 bits per heavy atom. The summed E-state index contributed by atoms with van der Waals surface area (Å²) in [4.78, 5) is 0. The molecule has 4 N–H and O–H groups in total. The van der Waals surface area contributed by atoms with Crippen LogP contribution in [0.5, 0.6) is 5.75 Å².